The average molecular weight is 226 g/mol. The van der Waals surface area contributed by atoms with Gasteiger partial charge >= 0.3 is 0 Å². The first-order valence-corrected chi connectivity index (χ1v) is 5.73. The molecule has 2 heterocycles. The molecule has 1 aromatic carbocycles. The van der Waals surface area contributed by atoms with Gasteiger partial charge < -0.3 is 10.5 Å². The van der Waals surface area contributed by atoms with E-state index >= 15 is 0 Å². The molecule has 0 saturated heterocycles. The number of para-hydroxylation sites is 1. The number of ether oxygens (including phenoxy) is 1. The van der Waals surface area contributed by atoms with Crippen LogP contribution in [0.15, 0.2) is 30.5 Å². The van der Waals surface area contributed by atoms with Crippen molar-refractivity contribution in [2.24, 2.45) is 0 Å². The highest BCUT2D eigenvalue weighted by atomic mass is 16.5. The number of fused-ring (bicyclic) bond motifs is 1. The number of anilines is 1. The number of aromatic nitrogens is 1. The van der Waals surface area contributed by atoms with Gasteiger partial charge in [0.1, 0.15) is 11.6 Å². The van der Waals surface area contributed by atoms with Gasteiger partial charge in [0, 0.05) is 23.7 Å². The maximum atomic E-state index is 5.74. The van der Waals surface area contributed by atoms with Crippen LogP contribution >= 0.6 is 0 Å². The fraction of sp³-hybridized carbons (Fsp3) is 0.214. The van der Waals surface area contributed by atoms with Crippen molar-refractivity contribution in [1.82, 2.24) is 4.98 Å². The van der Waals surface area contributed by atoms with E-state index < -0.39 is 0 Å². The number of hydrogen-bond donors (Lipinski definition) is 1. The standard InChI is InChI=1S/C14H14N2O/c1-9-7-11(8-16-14(9)15)12-4-2-3-10-5-6-17-13(10)12/h2-4,7-8H,5-6H2,1H3,(H2,15,16). The summed E-state index contributed by atoms with van der Waals surface area (Å²) >= 11 is 0. The second-order valence-corrected chi connectivity index (χ2v) is 4.32. The molecule has 2 N–H and O–H groups in total. The molecule has 1 aromatic heterocycles. The van der Waals surface area contributed by atoms with Crippen LogP contribution in [0.2, 0.25) is 0 Å². The molecule has 0 atom stereocenters. The summed E-state index contributed by atoms with van der Waals surface area (Å²) in [7, 11) is 0. The molecule has 0 aliphatic carbocycles. The Labute approximate surface area is 100 Å². The van der Waals surface area contributed by atoms with Gasteiger partial charge in [0.05, 0.1) is 6.61 Å². The van der Waals surface area contributed by atoms with Gasteiger partial charge in [-0.3, -0.25) is 0 Å². The second kappa shape index (κ2) is 3.77. The molecule has 3 nitrogen and oxygen atoms in total. The van der Waals surface area contributed by atoms with Gasteiger partial charge in [0.25, 0.3) is 0 Å². The molecule has 2 aromatic rings. The van der Waals surface area contributed by atoms with Crippen molar-refractivity contribution in [3.05, 3.63) is 41.6 Å². The highest BCUT2D eigenvalue weighted by Gasteiger charge is 2.17. The van der Waals surface area contributed by atoms with Crippen LogP contribution in [-0.2, 0) is 6.42 Å². The molecule has 86 valence electrons. The Morgan fingerprint density at radius 3 is 3.06 bits per heavy atom. The molecule has 0 amide bonds. The number of nitrogen functional groups attached to an aromatic ring is 1. The van der Waals surface area contributed by atoms with Gasteiger partial charge in [-0.2, -0.15) is 0 Å². The number of pyridine rings is 1. The van der Waals surface area contributed by atoms with Crippen LogP contribution in [0.25, 0.3) is 11.1 Å². The first kappa shape index (κ1) is 10.1. The number of nitrogens with two attached hydrogens (primary N) is 1. The third kappa shape index (κ3) is 1.64. The van der Waals surface area contributed by atoms with Crippen molar-refractivity contribution >= 4 is 5.82 Å². The fourth-order valence-corrected chi connectivity index (χ4v) is 2.18. The van der Waals surface area contributed by atoms with Crippen molar-refractivity contribution in [2.75, 3.05) is 12.3 Å². The lowest BCUT2D eigenvalue weighted by Crippen LogP contribution is -1.95. The molecule has 3 rings (SSSR count). The van der Waals surface area contributed by atoms with E-state index in [-0.39, 0.29) is 0 Å². The fourth-order valence-electron chi connectivity index (χ4n) is 2.18. The maximum Gasteiger partial charge on any atom is 0.130 e. The summed E-state index contributed by atoms with van der Waals surface area (Å²) in [4.78, 5) is 4.20. The Kier molecular flexibility index (Phi) is 2.25. The SMILES string of the molecule is Cc1cc(-c2cccc3c2OCC3)cnc1N. The van der Waals surface area contributed by atoms with E-state index in [9.17, 15) is 0 Å². The smallest absolute Gasteiger partial charge is 0.130 e. The molecule has 0 bridgehead atoms. The lowest BCUT2D eigenvalue weighted by molar-refractivity contribution is 0.358. The zero-order valence-electron chi connectivity index (χ0n) is 9.73. The molecule has 0 spiro atoms. The number of rotatable bonds is 1. The molecule has 0 radical (unpaired) electrons. The van der Waals surface area contributed by atoms with Gasteiger partial charge in [-0.1, -0.05) is 18.2 Å². The van der Waals surface area contributed by atoms with Crippen molar-refractivity contribution in [3.8, 4) is 16.9 Å². The summed E-state index contributed by atoms with van der Waals surface area (Å²) < 4.78 is 5.70. The quantitative estimate of drug-likeness (QED) is 0.813. The summed E-state index contributed by atoms with van der Waals surface area (Å²) in [6.45, 7) is 2.74. The third-order valence-electron chi connectivity index (χ3n) is 3.14. The van der Waals surface area contributed by atoms with E-state index in [2.05, 4.69) is 29.2 Å². The first-order valence-electron chi connectivity index (χ1n) is 5.73. The van der Waals surface area contributed by atoms with Crippen LogP contribution in [0.4, 0.5) is 5.82 Å². The van der Waals surface area contributed by atoms with Gasteiger partial charge in [-0.05, 0) is 24.1 Å². The number of benzene rings is 1. The van der Waals surface area contributed by atoms with E-state index in [0.717, 1.165) is 35.5 Å². The predicted molar refractivity (Wildman–Crippen MR) is 68.0 cm³/mol. The van der Waals surface area contributed by atoms with Crippen LogP contribution in [-0.4, -0.2) is 11.6 Å². The maximum absolute atomic E-state index is 5.74. The Balaban J connectivity index is 2.15. The topological polar surface area (TPSA) is 48.1 Å². The predicted octanol–water partition coefficient (Wildman–Crippen LogP) is 2.57. The van der Waals surface area contributed by atoms with Crippen LogP contribution in [0.5, 0.6) is 5.75 Å². The van der Waals surface area contributed by atoms with Crippen LogP contribution in [0, 0.1) is 6.92 Å². The molecular formula is C14H14N2O. The van der Waals surface area contributed by atoms with Crippen LogP contribution < -0.4 is 10.5 Å². The minimum Gasteiger partial charge on any atom is -0.492 e. The van der Waals surface area contributed by atoms with Crippen molar-refractivity contribution < 1.29 is 4.74 Å². The van der Waals surface area contributed by atoms with Gasteiger partial charge in [0.2, 0.25) is 0 Å². The largest absolute Gasteiger partial charge is 0.492 e. The Morgan fingerprint density at radius 2 is 2.24 bits per heavy atom. The van der Waals surface area contributed by atoms with E-state index in [0.29, 0.717) is 5.82 Å². The molecule has 17 heavy (non-hydrogen) atoms. The summed E-state index contributed by atoms with van der Waals surface area (Å²) in [5.74, 6) is 1.58. The minimum atomic E-state index is 0.585. The van der Waals surface area contributed by atoms with E-state index in [1.807, 2.05) is 6.92 Å². The van der Waals surface area contributed by atoms with Crippen molar-refractivity contribution in [3.63, 3.8) is 0 Å². The monoisotopic (exact) mass is 226 g/mol. The van der Waals surface area contributed by atoms with Gasteiger partial charge in [-0.25, -0.2) is 4.98 Å². The highest BCUT2D eigenvalue weighted by Crippen LogP contribution is 2.36. The molecule has 3 heteroatoms. The molecule has 0 saturated carbocycles. The number of aryl methyl sites for hydroxylation is 1. The molecule has 0 fully saturated rings. The third-order valence-corrected chi connectivity index (χ3v) is 3.14. The first-order chi connectivity index (χ1) is 8.25. The van der Waals surface area contributed by atoms with Crippen molar-refractivity contribution in [2.45, 2.75) is 13.3 Å². The average Bonchev–Trinajstić information content (AvgIpc) is 2.80. The van der Waals surface area contributed by atoms with Gasteiger partial charge in [-0.15, -0.1) is 0 Å². The molecule has 0 unspecified atom stereocenters. The summed E-state index contributed by atoms with van der Waals surface area (Å²) in [5, 5.41) is 0. The Hall–Kier alpha value is -2.03. The highest BCUT2D eigenvalue weighted by molar-refractivity contribution is 5.73. The number of hydrogen-bond acceptors (Lipinski definition) is 3. The summed E-state index contributed by atoms with van der Waals surface area (Å²) in [6.07, 6.45) is 2.80. The second-order valence-electron chi connectivity index (χ2n) is 4.32. The van der Waals surface area contributed by atoms with Gasteiger partial charge in [0.15, 0.2) is 0 Å². The van der Waals surface area contributed by atoms with Crippen LogP contribution in [0.3, 0.4) is 0 Å². The zero-order valence-corrected chi connectivity index (χ0v) is 9.73. The normalized spacial score (nSPS) is 13.2. The van der Waals surface area contributed by atoms with Crippen LogP contribution in [0.1, 0.15) is 11.1 Å². The number of nitrogens with zero attached hydrogens (tertiary/aromatic N) is 1. The Bertz CT molecular complexity index is 578. The lowest BCUT2D eigenvalue weighted by atomic mass is 10.0. The Morgan fingerprint density at radius 1 is 1.35 bits per heavy atom. The summed E-state index contributed by atoms with van der Waals surface area (Å²) in [5.41, 5.74) is 10.2. The summed E-state index contributed by atoms with van der Waals surface area (Å²) in [6, 6.07) is 8.30. The molecule has 1 aliphatic rings. The molecule has 1 aliphatic heterocycles. The van der Waals surface area contributed by atoms with E-state index in [1.54, 1.807) is 6.20 Å². The van der Waals surface area contributed by atoms with Crippen molar-refractivity contribution in [1.29, 1.82) is 0 Å². The molecular weight excluding hydrogens is 212 g/mol. The minimum absolute atomic E-state index is 0.585. The zero-order chi connectivity index (χ0) is 11.8. The lowest BCUT2D eigenvalue weighted by Gasteiger charge is -2.09. The van der Waals surface area contributed by atoms with E-state index in [4.69, 9.17) is 10.5 Å². The van der Waals surface area contributed by atoms with E-state index in [1.165, 1.54) is 5.56 Å².